The third-order valence-electron chi connectivity index (χ3n) is 3.70. The van der Waals surface area contributed by atoms with Crippen LogP contribution in [-0.4, -0.2) is 20.3 Å². The average Bonchev–Trinajstić information content (AvgIpc) is 3.23. The quantitative estimate of drug-likeness (QED) is 0.608. The number of amides is 1. The van der Waals surface area contributed by atoms with Crippen molar-refractivity contribution in [3.8, 4) is 10.7 Å². The minimum Gasteiger partial charge on any atom is -0.308 e. The van der Waals surface area contributed by atoms with Gasteiger partial charge in [-0.1, -0.05) is 18.2 Å². The van der Waals surface area contributed by atoms with Gasteiger partial charge in [0.2, 0.25) is 5.91 Å². The molecule has 4 aromatic rings. The third kappa shape index (κ3) is 3.14. The number of benzene rings is 1. The van der Waals surface area contributed by atoms with E-state index in [-0.39, 0.29) is 18.1 Å². The van der Waals surface area contributed by atoms with E-state index in [0.29, 0.717) is 5.82 Å². The van der Waals surface area contributed by atoms with Crippen molar-refractivity contribution < 1.29 is 9.18 Å². The molecule has 3 heterocycles. The summed E-state index contributed by atoms with van der Waals surface area (Å²) in [5.74, 6) is -0.0725. The monoisotopic (exact) mass is 352 g/mol. The predicted octanol–water partition coefficient (Wildman–Crippen LogP) is 3.78. The number of aromatic nitrogens is 3. The second-order valence-electron chi connectivity index (χ2n) is 5.43. The van der Waals surface area contributed by atoms with E-state index >= 15 is 0 Å². The Balaban J connectivity index is 1.66. The molecule has 0 fully saturated rings. The maximum atomic E-state index is 13.0. The van der Waals surface area contributed by atoms with Gasteiger partial charge in [-0.25, -0.2) is 14.4 Å². The molecule has 0 aliphatic heterocycles. The highest BCUT2D eigenvalue weighted by Crippen LogP contribution is 2.30. The van der Waals surface area contributed by atoms with Gasteiger partial charge in [0.25, 0.3) is 0 Å². The second kappa shape index (κ2) is 6.45. The molecule has 0 atom stereocenters. The summed E-state index contributed by atoms with van der Waals surface area (Å²) in [5.41, 5.74) is 2.21. The van der Waals surface area contributed by atoms with Gasteiger partial charge in [-0.3, -0.25) is 9.20 Å². The zero-order chi connectivity index (χ0) is 17.2. The van der Waals surface area contributed by atoms with E-state index in [1.807, 2.05) is 34.2 Å². The van der Waals surface area contributed by atoms with Crippen molar-refractivity contribution in [3.05, 3.63) is 71.6 Å². The fourth-order valence-corrected chi connectivity index (χ4v) is 3.27. The van der Waals surface area contributed by atoms with Crippen LogP contribution in [0.25, 0.3) is 16.3 Å². The number of anilines is 1. The zero-order valence-electron chi connectivity index (χ0n) is 13.0. The first-order valence-corrected chi connectivity index (χ1v) is 8.50. The fraction of sp³-hybridized carbons (Fsp3) is 0.0556. The molecule has 7 heteroatoms. The summed E-state index contributed by atoms with van der Waals surface area (Å²) in [5, 5.41) is 5.50. The summed E-state index contributed by atoms with van der Waals surface area (Å²) in [7, 11) is 0. The van der Waals surface area contributed by atoms with E-state index in [9.17, 15) is 9.18 Å². The van der Waals surface area contributed by atoms with Gasteiger partial charge in [0, 0.05) is 17.8 Å². The first-order chi connectivity index (χ1) is 12.2. The molecule has 0 unspecified atom stereocenters. The van der Waals surface area contributed by atoms with Crippen LogP contribution < -0.4 is 5.32 Å². The van der Waals surface area contributed by atoms with Crippen LogP contribution in [-0.2, 0) is 11.2 Å². The molecule has 0 bridgehead atoms. The third-order valence-corrected chi connectivity index (χ3v) is 4.48. The van der Waals surface area contributed by atoms with Gasteiger partial charge >= 0.3 is 0 Å². The van der Waals surface area contributed by atoms with Crippen LogP contribution in [0.1, 0.15) is 5.56 Å². The lowest BCUT2D eigenvalue weighted by Gasteiger charge is -2.05. The van der Waals surface area contributed by atoms with Gasteiger partial charge in [0.1, 0.15) is 22.2 Å². The van der Waals surface area contributed by atoms with Crippen molar-refractivity contribution in [2.45, 2.75) is 6.42 Å². The number of halogens is 1. The van der Waals surface area contributed by atoms with E-state index in [1.165, 1.54) is 23.5 Å². The lowest BCUT2D eigenvalue weighted by molar-refractivity contribution is -0.115. The highest BCUT2D eigenvalue weighted by Gasteiger charge is 2.18. The number of carbonyl (C=O) groups excluding carboxylic acids is 1. The van der Waals surface area contributed by atoms with Crippen LogP contribution in [0.4, 0.5) is 10.2 Å². The summed E-state index contributed by atoms with van der Waals surface area (Å²) < 4.78 is 14.9. The molecule has 5 nitrogen and oxygen atoms in total. The van der Waals surface area contributed by atoms with Crippen LogP contribution in [0.15, 0.2) is 60.2 Å². The van der Waals surface area contributed by atoms with E-state index < -0.39 is 0 Å². The summed E-state index contributed by atoms with van der Waals surface area (Å²) >= 11 is 1.48. The van der Waals surface area contributed by atoms with Crippen molar-refractivity contribution in [3.63, 3.8) is 0 Å². The Morgan fingerprint density at radius 3 is 2.80 bits per heavy atom. The molecule has 3 aromatic heterocycles. The number of hydrogen-bond acceptors (Lipinski definition) is 4. The molecule has 1 amide bonds. The maximum Gasteiger partial charge on any atom is 0.230 e. The molecule has 1 N–H and O–H groups in total. The number of pyridine rings is 1. The van der Waals surface area contributed by atoms with Gasteiger partial charge in [-0.2, -0.15) is 0 Å². The van der Waals surface area contributed by atoms with Gasteiger partial charge in [0.05, 0.1) is 6.42 Å². The van der Waals surface area contributed by atoms with Crippen LogP contribution in [0, 0.1) is 5.82 Å². The Morgan fingerprint density at radius 1 is 1.20 bits per heavy atom. The van der Waals surface area contributed by atoms with Crippen LogP contribution >= 0.6 is 11.3 Å². The Hall–Kier alpha value is -3.06. The minimum absolute atomic E-state index is 0.144. The number of rotatable bonds is 4. The molecular formula is C18H13FN4OS. The van der Waals surface area contributed by atoms with E-state index in [2.05, 4.69) is 15.3 Å². The molecule has 1 aromatic carbocycles. The lowest BCUT2D eigenvalue weighted by atomic mass is 10.1. The number of fused-ring (bicyclic) bond motifs is 1. The maximum absolute atomic E-state index is 13.0. The topological polar surface area (TPSA) is 59.3 Å². The summed E-state index contributed by atoms with van der Waals surface area (Å²) in [4.78, 5) is 21.2. The van der Waals surface area contributed by atoms with Crippen molar-refractivity contribution in [2.24, 2.45) is 0 Å². The Bertz CT molecular complexity index is 1030. The Kier molecular flexibility index (Phi) is 3.99. The number of nitrogens with one attached hydrogen (secondary N) is 1. The number of hydrogen-bond donors (Lipinski definition) is 1. The molecule has 0 saturated carbocycles. The highest BCUT2D eigenvalue weighted by molar-refractivity contribution is 7.13. The largest absolute Gasteiger partial charge is 0.308 e. The van der Waals surface area contributed by atoms with Crippen LogP contribution in [0.2, 0.25) is 0 Å². The van der Waals surface area contributed by atoms with Crippen molar-refractivity contribution in [2.75, 3.05) is 5.32 Å². The average molecular weight is 352 g/mol. The zero-order valence-corrected chi connectivity index (χ0v) is 13.8. The number of imidazole rings is 1. The molecule has 0 spiro atoms. The number of carbonyl (C=O) groups is 1. The summed E-state index contributed by atoms with van der Waals surface area (Å²) in [6.45, 7) is 0. The minimum atomic E-state index is -0.324. The van der Waals surface area contributed by atoms with Crippen LogP contribution in [0.5, 0.6) is 0 Å². The van der Waals surface area contributed by atoms with Gasteiger partial charge < -0.3 is 5.32 Å². The number of thiazole rings is 1. The smallest absolute Gasteiger partial charge is 0.230 e. The van der Waals surface area contributed by atoms with Gasteiger partial charge in [0.15, 0.2) is 5.82 Å². The standard InChI is InChI=1S/C18H13FN4OS/c19-13-6-4-12(5-7-13)11-15(24)22-17-16(18-20-8-10-25-18)23-9-2-1-3-14(23)21-17/h1-10H,11H2,(H,22,24). The molecule has 0 aliphatic carbocycles. The Labute approximate surface area is 146 Å². The normalized spacial score (nSPS) is 10.9. The summed E-state index contributed by atoms with van der Waals surface area (Å²) in [6, 6.07) is 11.5. The van der Waals surface area contributed by atoms with E-state index in [0.717, 1.165) is 21.9 Å². The van der Waals surface area contributed by atoms with Crippen LogP contribution in [0.3, 0.4) is 0 Å². The second-order valence-corrected chi connectivity index (χ2v) is 6.32. The molecule has 25 heavy (non-hydrogen) atoms. The summed E-state index contributed by atoms with van der Waals surface area (Å²) in [6.07, 6.45) is 3.74. The highest BCUT2D eigenvalue weighted by atomic mass is 32.1. The number of nitrogens with zero attached hydrogens (tertiary/aromatic N) is 3. The first kappa shape index (κ1) is 15.5. The molecule has 124 valence electrons. The lowest BCUT2D eigenvalue weighted by Crippen LogP contribution is -2.15. The van der Waals surface area contributed by atoms with Gasteiger partial charge in [-0.05, 0) is 29.8 Å². The van der Waals surface area contributed by atoms with E-state index in [1.54, 1.807) is 18.3 Å². The molecular weight excluding hydrogens is 339 g/mol. The van der Waals surface area contributed by atoms with Gasteiger partial charge in [-0.15, -0.1) is 11.3 Å². The van der Waals surface area contributed by atoms with Crippen molar-refractivity contribution in [1.29, 1.82) is 0 Å². The van der Waals surface area contributed by atoms with Crippen molar-refractivity contribution >= 4 is 28.7 Å². The Morgan fingerprint density at radius 2 is 2.04 bits per heavy atom. The molecule has 0 aliphatic rings. The fourth-order valence-electron chi connectivity index (χ4n) is 2.59. The molecule has 0 radical (unpaired) electrons. The molecule has 0 saturated heterocycles. The van der Waals surface area contributed by atoms with E-state index in [4.69, 9.17) is 0 Å². The predicted molar refractivity (Wildman–Crippen MR) is 95.0 cm³/mol. The SMILES string of the molecule is O=C(Cc1ccc(F)cc1)Nc1nc2ccccn2c1-c1nccs1. The first-order valence-electron chi connectivity index (χ1n) is 7.62. The molecule has 4 rings (SSSR count). The van der Waals surface area contributed by atoms with Crippen molar-refractivity contribution in [1.82, 2.24) is 14.4 Å².